The summed E-state index contributed by atoms with van der Waals surface area (Å²) in [7, 11) is 0. The molecular formula is C12H13BrN4O. The fraction of sp³-hybridized carbons (Fsp3) is 0.417. The maximum absolute atomic E-state index is 6.04. The maximum Gasteiger partial charge on any atom is 0.231 e. The molecule has 0 saturated heterocycles. The van der Waals surface area contributed by atoms with Gasteiger partial charge in [-0.3, -0.25) is 4.98 Å². The van der Waals surface area contributed by atoms with Gasteiger partial charge in [0.25, 0.3) is 0 Å². The number of nitrogens with zero attached hydrogens (tertiary/aromatic N) is 3. The number of aromatic nitrogens is 3. The molecule has 5 nitrogen and oxygen atoms in total. The Labute approximate surface area is 113 Å². The van der Waals surface area contributed by atoms with Gasteiger partial charge in [-0.15, -0.1) is 0 Å². The van der Waals surface area contributed by atoms with E-state index >= 15 is 0 Å². The first-order valence-corrected chi connectivity index (χ1v) is 6.73. The van der Waals surface area contributed by atoms with E-state index < -0.39 is 0 Å². The highest BCUT2D eigenvalue weighted by Crippen LogP contribution is 2.33. The molecule has 2 aromatic heterocycles. The average molecular weight is 309 g/mol. The van der Waals surface area contributed by atoms with Crippen molar-refractivity contribution >= 4 is 15.9 Å². The van der Waals surface area contributed by atoms with Gasteiger partial charge in [-0.2, -0.15) is 4.98 Å². The zero-order chi connectivity index (χ0) is 12.5. The Balaban J connectivity index is 1.89. The Kier molecular flexibility index (Phi) is 3.13. The van der Waals surface area contributed by atoms with Gasteiger partial charge in [0, 0.05) is 28.5 Å². The van der Waals surface area contributed by atoms with Gasteiger partial charge in [0.15, 0.2) is 0 Å². The summed E-state index contributed by atoms with van der Waals surface area (Å²) in [6.07, 6.45) is 6.62. The molecule has 0 bridgehead atoms. The Morgan fingerprint density at radius 2 is 2.22 bits per heavy atom. The molecule has 1 saturated carbocycles. The molecule has 2 unspecified atom stereocenters. The Morgan fingerprint density at radius 1 is 1.33 bits per heavy atom. The van der Waals surface area contributed by atoms with E-state index in [0.29, 0.717) is 11.7 Å². The van der Waals surface area contributed by atoms with Gasteiger partial charge < -0.3 is 10.3 Å². The normalized spacial score (nSPS) is 23.4. The molecule has 94 valence electrons. The van der Waals surface area contributed by atoms with Crippen LogP contribution in [0.4, 0.5) is 0 Å². The van der Waals surface area contributed by atoms with Crippen molar-refractivity contribution in [1.29, 1.82) is 0 Å². The quantitative estimate of drug-likeness (QED) is 0.922. The second-order valence-corrected chi connectivity index (χ2v) is 5.46. The average Bonchev–Trinajstić information content (AvgIpc) is 2.97. The zero-order valence-corrected chi connectivity index (χ0v) is 11.3. The van der Waals surface area contributed by atoms with Crippen LogP contribution >= 0.6 is 15.9 Å². The van der Waals surface area contributed by atoms with Gasteiger partial charge in [0.05, 0.1) is 5.92 Å². The van der Waals surface area contributed by atoms with E-state index in [1.165, 1.54) is 0 Å². The molecule has 2 atom stereocenters. The van der Waals surface area contributed by atoms with Crippen LogP contribution in [0.2, 0.25) is 0 Å². The molecule has 3 rings (SSSR count). The van der Waals surface area contributed by atoms with Crippen LogP contribution in [-0.4, -0.2) is 21.2 Å². The van der Waals surface area contributed by atoms with Crippen molar-refractivity contribution in [3.8, 4) is 11.4 Å². The lowest BCUT2D eigenvalue weighted by Crippen LogP contribution is -2.22. The summed E-state index contributed by atoms with van der Waals surface area (Å²) in [5, 5.41) is 4.00. The van der Waals surface area contributed by atoms with Crippen LogP contribution in [0.1, 0.15) is 31.1 Å². The Bertz CT molecular complexity index is 557. The van der Waals surface area contributed by atoms with E-state index in [1.54, 1.807) is 12.4 Å². The number of hydrogen-bond donors (Lipinski definition) is 1. The molecule has 0 amide bonds. The Morgan fingerprint density at radius 3 is 2.94 bits per heavy atom. The minimum Gasteiger partial charge on any atom is -0.339 e. The van der Waals surface area contributed by atoms with E-state index in [-0.39, 0.29) is 12.0 Å². The molecule has 6 heteroatoms. The molecule has 0 aromatic carbocycles. The van der Waals surface area contributed by atoms with Crippen LogP contribution < -0.4 is 5.73 Å². The monoisotopic (exact) mass is 308 g/mol. The third kappa shape index (κ3) is 2.18. The molecule has 0 aliphatic heterocycles. The van der Waals surface area contributed by atoms with Gasteiger partial charge in [0.2, 0.25) is 11.7 Å². The minimum atomic E-state index is 0.138. The summed E-state index contributed by atoms with van der Waals surface area (Å²) < 4.78 is 6.22. The first-order chi connectivity index (χ1) is 8.74. The van der Waals surface area contributed by atoms with Crippen molar-refractivity contribution < 1.29 is 4.52 Å². The molecule has 1 aliphatic carbocycles. The van der Waals surface area contributed by atoms with Crippen molar-refractivity contribution in [1.82, 2.24) is 15.1 Å². The number of halogens is 1. The molecule has 2 aromatic rings. The number of hydrogen-bond acceptors (Lipinski definition) is 5. The van der Waals surface area contributed by atoms with Crippen LogP contribution in [-0.2, 0) is 0 Å². The first kappa shape index (κ1) is 11.8. The maximum atomic E-state index is 6.04. The molecule has 2 heterocycles. The number of pyridine rings is 1. The van der Waals surface area contributed by atoms with Crippen molar-refractivity contribution in [3.63, 3.8) is 0 Å². The van der Waals surface area contributed by atoms with Crippen molar-refractivity contribution in [2.24, 2.45) is 5.73 Å². The van der Waals surface area contributed by atoms with Crippen molar-refractivity contribution in [2.75, 3.05) is 0 Å². The fourth-order valence-corrected chi connectivity index (χ4v) is 2.70. The SMILES string of the molecule is NC1CCCC1c1nc(-c2cncc(Br)c2)no1. The first-order valence-electron chi connectivity index (χ1n) is 5.94. The predicted molar refractivity (Wildman–Crippen MR) is 69.8 cm³/mol. The summed E-state index contributed by atoms with van der Waals surface area (Å²) in [5.41, 5.74) is 6.87. The number of nitrogens with two attached hydrogens (primary N) is 1. The molecular weight excluding hydrogens is 296 g/mol. The third-order valence-corrected chi connectivity index (χ3v) is 3.73. The zero-order valence-electron chi connectivity index (χ0n) is 9.71. The van der Waals surface area contributed by atoms with Crippen LogP contribution in [0.25, 0.3) is 11.4 Å². The van der Waals surface area contributed by atoms with Gasteiger partial charge >= 0.3 is 0 Å². The summed E-state index contributed by atoms with van der Waals surface area (Å²) in [6.45, 7) is 0. The minimum absolute atomic E-state index is 0.138. The molecule has 1 aliphatic rings. The second kappa shape index (κ2) is 4.78. The van der Waals surface area contributed by atoms with Crippen LogP contribution in [0, 0.1) is 0 Å². The Hall–Kier alpha value is -1.27. The third-order valence-electron chi connectivity index (χ3n) is 3.29. The lowest BCUT2D eigenvalue weighted by molar-refractivity contribution is 0.345. The highest BCUT2D eigenvalue weighted by Gasteiger charge is 2.30. The highest BCUT2D eigenvalue weighted by molar-refractivity contribution is 9.10. The van der Waals surface area contributed by atoms with E-state index in [1.807, 2.05) is 6.07 Å². The van der Waals surface area contributed by atoms with Crippen molar-refractivity contribution in [3.05, 3.63) is 28.8 Å². The molecule has 2 N–H and O–H groups in total. The lowest BCUT2D eigenvalue weighted by Gasteiger charge is -2.08. The summed E-state index contributed by atoms with van der Waals surface area (Å²) in [4.78, 5) is 8.52. The van der Waals surface area contributed by atoms with Gasteiger partial charge in [-0.05, 0) is 34.8 Å². The summed E-state index contributed by atoms with van der Waals surface area (Å²) in [6, 6.07) is 2.05. The predicted octanol–water partition coefficient (Wildman–Crippen LogP) is 2.49. The van der Waals surface area contributed by atoms with E-state index in [2.05, 4.69) is 31.1 Å². The van der Waals surface area contributed by atoms with E-state index in [0.717, 1.165) is 29.3 Å². The lowest BCUT2D eigenvalue weighted by atomic mass is 10.1. The fourth-order valence-electron chi connectivity index (χ4n) is 2.33. The van der Waals surface area contributed by atoms with Crippen LogP contribution in [0.3, 0.4) is 0 Å². The van der Waals surface area contributed by atoms with Gasteiger partial charge in [-0.1, -0.05) is 11.6 Å². The van der Waals surface area contributed by atoms with Crippen LogP contribution in [0.15, 0.2) is 27.5 Å². The van der Waals surface area contributed by atoms with Crippen molar-refractivity contribution in [2.45, 2.75) is 31.2 Å². The second-order valence-electron chi connectivity index (χ2n) is 4.55. The highest BCUT2D eigenvalue weighted by atomic mass is 79.9. The molecule has 18 heavy (non-hydrogen) atoms. The molecule has 0 radical (unpaired) electrons. The topological polar surface area (TPSA) is 77.8 Å². The van der Waals surface area contributed by atoms with E-state index in [9.17, 15) is 0 Å². The molecule has 0 spiro atoms. The summed E-state index contributed by atoms with van der Waals surface area (Å²) >= 11 is 3.37. The van der Waals surface area contributed by atoms with Gasteiger partial charge in [-0.25, -0.2) is 0 Å². The standard InChI is InChI=1S/C12H13BrN4O/c13-8-4-7(5-15-6-8)11-16-12(18-17-11)9-2-1-3-10(9)14/h4-6,9-10H,1-3,14H2. The van der Waals surface area contributed by atoms with E-state index in [4.69, 9.17) is 10.3 Å². The number of rotatable bonds is 2. The molecule has 1 fully saturated rings. The smallest absolute Gasteiger partial charge is 0.231 e. The summed E-state index contributed by atoms with van der Waals surface area (Å²) in [5.74, 6) is 1.42. The van der Waals surface area contributed by atoms with Gasteiger partial charge in [0.1, 0.15) is 0 Å². The van der Waals surface area contributed by atoms with Crippen LogP contribution in [0.5, 0.6) is 0 Å². The largest absolute Gasteiger partial charge is 0.339 e.